The molecule has 0 bridgehead atoms. The third-order valence-electron chi connectivity index (χ3n) is 3.60. The molecule has 1 aromatic carbocycles. The highest BCUT2D eigenvalue weighted by atomic mass is 15.2. The number of hydrogen-bond donors (Lipinski definition) is 1. The number of fused-ring (bicyclic) bond motifs is 1. The molecule has 0 aliphatic carbocycles. The molecule has 2 aromatic rings. The SMILES string of the molecule is Cc1cc2cccc(N3CCNCC3)c2c(C)n1. The number of aromatic nitrogens is 1. The van der Waals surface area contributed by atoms with Crippen molar-refractivity contribution < 1.29 is 0 Å². The van der Waals surface area contributed by atoms with Crippen LogP contribution in [0.3, 0.4) is 0 Å². The van der Waals surface area contributed by atoms with Gasteiger partial charge >= 0.3 is 0 Å². The summed E-state index contributed by atoms with van der Waals surface area (Å²) in [6, 6.07) is 8.73. The van der Waals surface area contributed by atoms with Gasteiger partial charge in [0, 0.05) is 48.6 Å². The molecule has 1 fully saturated rings. The van der Waals surface area contributed by atoms with Crippen molar-refractivity contribution in [1.82, 2.24) is 10.3 Å². The van der Waals surface area contributed by atoms with Crippen molar-refractivity contribution in [2.24, 2.45) is 0 Å². The van der Waals surface area contributed by atoms with Gasteiger partial charge in [0.2, 0.25) is 0 Å². The van der Waals surface area contributed by atoms with E-state index in [1.54, 1.807) is 0 Å². The first-order chi connectivity index (χ1) is 8.75. The fourth-order valence-corrected chi connectivity index (χ4v) is 2.82. The van der Waals surface area contributed by atoms with Crippen molar-refractivity contribution >= 4 is 16.5 Å². The van der Waals surface area contributed by atoms with Crippen molar-refractivity contribution in [3.63, 3.8) is 0 Å². The molecule has 0 spiro atoms. The monoisotopic (exact) mass is 241 g/mol. The van der Waals surface area contributed by atoms with Gasteiger partial charge < -0.3 is 10.2 Å². The quantitative estimate of drug-likeness (QED) is 0.830. The Balaban J connectivity index is 2.16. The number of hydrogen-bond acceptors (Lipinski definition) is 3. The standard InChI is InChI=1S/C15H19N3/c1-11-10-13-4-3-5-14(15(13)12(2)17-11)18-8-6-16-7-9-18/h3-5,10,16H,6-9H2,1-2H3. The summed E-state index contributed by atoms with van der Waals surface area (Å²) in [5.74, 6) is 0. The number of piperazine rings is 1. The van der Waals surface area contributed by atoms with Crippen LogP contribution >= 0.6 is 0 Å². The average molecular weight is 241 g/mol. The Hall–Kier alpha value is -1.61. The summed E-state index contributed by atoms with van der Waals surface area (Å²) in [4.78, 5) is 7.08. The predicted octanol–water partition coefficient (Wildman–Crippen LogP) is 2.26. The van der Waals surface area contributed by atoms with E-state index in [0.29, 0.717) is 0 Å². The molecule has 0 atom stereocenters. The fourth-order valence-electron chi connectivity index (χ4n) is 2.82. The van der Waals surface area contributed by atoms with E-state index in [1.165, 1.54) is 16.5 Å². The van der Waals surface area contributed by atoms with E-state index in [-0.39, 0.29) is 0 Å². The van der Waals surface area contributed by atoms with Crippen LogP contribution in [0.4, 0.5) is 5.69 Å². The van der Waals surface area contributed by atoms with Gasteiger partial charge in [0.25, 0.3) is 0 Å². The topological polar surface area (TPSA) is 28.2 Å². The molecule has 3 heteroatoms. The summed E-state index contributed by atoms with van der Waals surface area (Å²) in [5, 5.41) is 6.01. The van der Waals surface area contributed by atoms with Crippen molar-refractivity contribution in [3.8, 4) is 0 Å². The number of benzene rings is 1. The lowest BCUT2D eigenvalue weighted by molar-refractivity contribution is 0.590. The number of pyridine rings is 1. The summed E-state index contributed by atoms with van der Waals surface area (Å²) >= 11 is 0. The van der Waals surface area contributed by atoms with Crippen LogP contribution in [0.15, 0.2) is 24.3 Å². The fraction of sp³-hybridized carbons (Fsp3) is 0.400. The van der Waals surface area contributed by atoms with Gasteiger partial charge in [-0.15, -0.1) is 0 Å². The van der Waals surface area contributed by atoms with E-state index in [0.717, 1.165) is 37.6 Å². The van der Waals surface area contributed by atoms with Crippen LogP contribution in [0.1, 0.15) is 11.4 Å². The molecule has 94 valence electrons. The van der Waals surface area contributed by atoms with Gasteiger partial charge in [0.05, 0.1) is 0 Å². The molecule has 0 amide bonds. The Bertz CT molecular complexity index is 571. The highest BCUT2D eigenvalue weighted by Crippen LogP contribution is 2.29. The maximum atomic E-state index is 4.61. The first kappa shape index (κ1) is 11.5. The molecule has 1 saturated heterocycles. The van der Waals surface area contributed by atoms with Gasteiger partial charge in [0.1, 0.15) is 0 Å². The number of aryl methyl sites for hydroxylation is 2. The largest absolute Gasteiger partial charge is 0.368 e. The first-order valence-electron chi connectivity index (χ1n) is 6.58. The lowest BCUT2D eigenvalue weighted by Crippen LogP contribution is -2.43. The van der Waals surface area contributed by atoms with E-state index < -0.39 is 0 Å². The second-order valence-corrected chi connectivity index (χ2v) is 4.96. The molecule has 18 heavy (non-hydrogen) atoms. The van der Waals surface area contributed by atoms with E-state index in [2.05, 4.69) is 53.3 Å². The van der Waals surface area contributed by atoms with Crippen LogP contribution < -0.4 is 10.2 Å². The normalized spacial score (nSPS) is 16.2. The number of anilines is 1. The molecule has 3 nitrogen and oxygen atoms in total. The predicted molar refractivity (Wildman–Crippen MR) is 76.3 cm³/mol. The summed E-state index contributed by atoms with van der Waals surface area (Å²) < 4.78 is 0. The summed E-state index contributed by atoms with van der Waals surface area (Å²) in [5.41, 5.74) is 3.57. The van der Waals surface area contributed by atoms with Gasteiger partial charge in [0.15, 0.2) is 0 Å². The Morgan fingerprint density at radius 3 is 2.72 bits per heavy atom. The second kappa shape index (κ2) is 4.58. The number of nitrogens with one attached hydrogen (secondary N) is 1. The Kier molecular flexibility index (Phi) is 2.92. The summed E-state index contributed by atoms with van der Waals surface area (Å²) in [6.07, 6.45) is 0. The molecular weight excluding hydrogens is 222 g/mol. The Morgan fingerprint density at radius 1 is 1.17 bits per heavy atom. The third-order valence-corrected chi connectivity index (χ3v) is 3.60. The van der Waals surface area contributed by atoms with Gasteiger partial charge in [-0.3, -0.25) is 4.98 Å². The van der Waals surface area contributed by atoms with Gasteiger partial charge in [-0.05, 0) is 31.4 Å². The molecule has 1 aromatic heterocycles. The van der Waals surface area contributed by atoms with Crippen LogP contribution in [0.2, 0.25) is 0 Å². The Labute approximate surface area is 108 Å². The van der Waals surface area contributed by atoms with Crippen LogP contribution in [-0.4, -0.2) is 31.2 Å². The molecule has 1 aliphatic heterocycles. The van der Waals surface area contributed by atoms with E-state index >= 15 is 0 Å². The van der Waals surface area contributed by atoms with E-state index in [4.69, 9.17) is 0 Å². The maximum Gasteiger partial charge on any atom is 0.0474 e. The molecule has 0 saturated carbocycles. The minimum absolute atomic E-state index is 1.06. The molecule has 3 rings (SSSR count). The zero-order valence-electron chi connectivity index (χ0n) is 11.0. The number of nitrogens with zero attached hydrogens (tertiary/aromatic N) is 2. The maximum absolute atomic E-state index is 4.61. The second-order valence-electron chi connectivity index (χ2n) is 4.96. The third kappa shape index (κ3) is 1.95. The smallest absolute Gasteiger partial charge is 0.0474 e. The van der Waals surface area contributed by atoms with Crippen LogP contribution in [0.25, 0.3) is 10.8 Å². The number of rotatable bonds is 1. The molecule has 1 N–H and O–H groups in total. The Morgan fingerprint density at radius 2 is 1.94 bits per heavy atom. The minimum atomic E-state index is 1.06. The van der Waals surface area contributed by atoms with Crippen molar-refractivity contribution in [3.05, 3.63) is 35.7 Å². The van der Waals surface area contributed by atoms with Crippen LogP contribution in [-0.2, 0) is 0 Å². The highest BCUT2D eigenvalue weighted by molar-refractivity contribution is 5.96. The van der Waals surface area contributed by atoms with E-state index in [9.17, 15) is 0 Å². The highest BCUT2D eigenvalue weighted by Gasteiger charge is 2.14. The van der Waals surface area contributed by atoms with Gasteiger partial charge in [-0.25, -0.2) is 0 Å². The van der Waals surface area contributed by atoms with Crippen LogP contribution in [0, 0.1) is 13.8 Å². The van der Waals surface area contributed by atoms with E-state index in [1.807, 2.05) is 0 Å². The molecule has 2 heterocycles. The first-order valence-corrected chi connectivity index (χ1v) is 6.58. The lowest BCUT2D eigenvalue weighted by atomic mass is 10.1. The molecule has 1 aliphatic rings. The van der Waals surface area contributed by atoms with Crippen LogP contribution in [0.5, 0.6) is 0 Å². The summed E-state index contributed by atoms with van der Waals surface area (Å²) in [6.45, 7) is 8.45. The average Bonchev–Trinajstić information content (AvgIpc) is 2.38. The van der Waals surface area contributed by atoms with Gasteiger partial charge in [-0.1, -0.05) is 12.1 Å². The summed E-state index contributed by atoms with van der Waals surface area (Å²) in [7, 11) is 0. The lowest BCUT2D eigenvalue weighted by Gasteiger charge is -2.30. The van der Waals surface area contributed by atoms with Gasteiger partial charge in [-0.2, -0.15) is 0 Å². The molecule has 0 radical (unpaired) electrons. The molecular formula is C15H19N3. The zero-order valence-corrected chi connectivity index (χ0v) is 11.0. The minimum Gasteiger partial charge on any atom is -0.368 e. The van der Waals surface area contributed by atoms with Crippen molar-refractivity contribution in [1.29, 1.82) is 0 Å². The zero-order chi connectivity index (χ0) is 12.5. The van der Waals surface area contributed by atoms with Crippen molar-refractivity contribution in [2.45, 2.75) is 13.8 Å². The van der Waals surface area contributed by atoms with Crippen molar-refractivity contribution in [2.75, 3.05) is 31.1 Å². The molecule has 0 unspecified atom stereocenters.